The summed E-state index contributed by atoms with van der Waals surface area (Å²) in [5.41, 5.74) is -30.7. The van der Waals surface area contributed by atoms with Crippen molar-refractivity contribution in [1.29, 1.82) is 0 Å². The Bertz CT molecular complexity index is 3760. The topological polar surface area (TPSA) is 36.7 Å². The third-order valence-electron chi connectivity index (χ3n) is 13.1. The van der Waals surface area contributed by atoms with Gasteiger partial charge in [0.15, 0.2) is 18.6 Å². The van der Waals surface area contributed by atoms with Gasteiger partial charge in [-0.25, -0.2) is 0 Å². The molecule has 6 aromatic carbocycles. The van der Waals surface area contributed by atoms with Crippen LogP contribution < -0.4 is 14.2 Å². The number of fused-ring (bicyclic) bond motifs is 3. The van der Waals surface area contributed by atoms with Crippen molar-refractivity contribution in [2.24, 2.45) is 0 Å². The minimum Gasteiger partial charge on any atom is -0.435 e. The monoisotopic (exact) mass is 1350 g/mol. The van der Waals surface area contributed by atoms with Gasteiger partial charge in [0.25, 0.3) is 20.2 Å². The number of hydrogen-bond acceptors (Lipinski definition) is 3. The number of halogens is 30. The summed E-state index contributed by atoms with van der Waals surface area (Å²) < 4.78 is 421. The summed E-state index contributed by atoms with van der Waals surface area (Å²) in [6.45, 7) is 2.36. The zero-order valence-corrected chi connectivity index (χ0v) is 44.8. The van der Waals surface area contributed by atoms with Crippen LogP contribution in [0.5, 0.6) is 17.2 Å². The summed E-state index contributed by atoms with van der Waals surface area (Å²) >= 11 is 0. The van der Waals surface area contributed by atoms with Crippen LogP contribution in [0.4, 0.5) is 149 Å². The minimum atomic E-state index is -6.94. The molecule has 3 aliphatic rings. The van der Waals surface area contributed by atoms with Gasteiger partial charge in [0.1, 0.15) is 39.5 Å². The van der Waals surface area contributed by atoms with Gasteiger partial charge >= 0.3 is 61.8 Å². The molecule has 36 heteroatoms. The molecule has 0 amide bonds. The predicted molar refractivity (Wildman–Crippen MR) is 255 cm³/mol. The van der Waals surface area contributed by atoms with Crippen LogP contribution in [0.25, 0.3) is 0 Å². The van der Waals surface area contributed by atoms with E-state index in [0.717, 1.165) is 17.8 Å². The lowest BCUT2D eigenvalue weighted by Gasteiger charge is -2.29. The fourth-order valence-corrected chi connectivity index (χ4v) is 9.42. The lowest BCUT2D eigenvalue weighted by Crippen LogP contribution is -2.34. The number of hydrogen-bond donors (Lipinski definition) is 0. The number of alkyl halides is 30. The minimum absolute atomic E-state index is 0.104. The molecule has 0 saturated carbocycles. The van der Waals surface area contributed by atoms with E-state index in [2.05, 4.69) is 0 Å². The van der Waals surface area contributed by atoms with Crippen molar-refractivity contribution in [2.45, 2.75) is 82.5 Å². The Morgan fingerprint density at radius 1 is 0.286 bits per heavy atom. The summed E-state index contributed by atoms with van der Waals surface area (Å²) in [6, 6.07) is 14.1. The van der Waals surface area contributed by atoms with Crippen molar-refractivity contribution in [3.8, 4) is 17.2 Å². The smallest absolute Gasteiger partial charge is 0.423 e. The van der Waals surface area contributed by atoms with E-state index in [1.807, 2.05) is 0 Å². The van der Waals surface area contributed by atoms with Crippen molar-refractivity contribution >= 4 is 35.7 Å². The maximum absolute atomic E-state index is 13.9. The number of para-hydroxylation sites is 3. The maximum atomic E-state index is 13.9. The molecule has 0 aromatic heterocycles. The molecule has 6 aromatic rings. The van der Waals surface area contributed by atoms with Gasteiger partial charge in [-0.2, -0.15) is 145 Å². The van der Waals surface area contributed by atoms with E-state index in [4.69, 9.17) is 14.2 Å². The van der Waals surface area contributed by atoms with Gasteiger partial charge < -0.3 is 14.2 Å². The standard InChI is InChI=1S/C20H9F15NO.C18H11F9NO.C17H12F6NO/c1-7-3-2-4-8-5-36(6-37-15(7)8)14-12(19(30,31)32)10(17(24,25)26)9(16(21,22)23)11(18(27,28)29)13(14)20(33,34)35;1-9-3-2-4-10-7-28(8-29-15(9)10)14-12(17(22,23)24)5-11(16(19,20)21)6-13(14)18(25,26)27;1-10-3-2-4-11-8-24(9-25-15(10)11)14-6-12(16(18,19)20)5-13(7-14)17(21,22)23/h2-5H,6H2,1H3;2-7H,8H2,1H3;2-8H,9H2,1H3/q3*+1. The molecule has 0 saturated heterocycles. The van der Waals surface area contributed by atoms with Gasteiger partial charge in [0.2, 0.25) is 17.1 Å². The van der Waals surface area contributed by atoms with Crippen molar-refractivity contribution in [3.63, 3.8) is 0 Å². The average Bonchev–Trinajstić information content (AvgIpc) is 0.715. The largest absolute Gasteiger partial charge is 0.435 e. The van der Waals surface area contributed by atoms with E-state index < -0.39 is 147 Å². The van der Waals surface area contributed by atoms with Crippen molar-refractivity contribution < 1.29 is 160 Å². The van der Waals surface area contributed by atoms with Crippen molar-refractivity contribution in [2.75, 3.05) is 20.2 Å². The first-order valence-electron chi connectivity index (χ1n) is 24.5. The van der Waals surface area contributed by atoms with E-state index in [0.29, 0.717) is 39.8 Å². The Hall–Kier alpha value is -8.37. The van der Waals surface area contributed by atoms with E-state index in [-0.39, 0.29) is 58.8 Å². The molecule has 9 rings (SSSR count). The molecule has 3 heterocycles. The van der Waals surface area contributed by atoms with Gasteiger partial charge in [0.05, 0.1) is 50.1 Å². The molecule has 0 spiro atoms. The second-order valence-corrected chi connectivity index (χ2v) is 19.5. The summed E-state index contributed by atoms with van der Waals surface area (Å²) in [7, 11) is 0. The molecule has 6 nitrogen and oxygen atoms in total. The zero-order chi connectivity index (χ0) is 68.7. The maximum Gasteiger partial charge on any atom is 0.423 e. The first kappa shape index (κ1) is 70.1. The quantitative estimate of drug-likeness (QED) is 0.131. The molecule has 3 aliphatic heterocycles. The van der Waals surface area contributed by atoms with Crippen LogP contribution in [-0.2, 0) is 61.8 Å². The Morgan fingerprint density at radius 3 is 0.835 bits per heavy atom. The van der Waals surface area contributed by atoms with Crippen LogP contribution in [-0.4, -0.2) is 52.6 Å². The summed E-state index contributed by atoms with van der Waals surface area (Å²) in [6.07, 6.45) is -57.3. The zero-order valence-electron chi connectivity index (χ0n) is 44.8. The van der Waals surface area contributed by atoms with Crippen LogP contribution >= 0.6 is 0 Å². The Kier molecular flexibility index (Phi) is 18.3. The SMILES string of the molecule is Cc1cccc2c1OC[N+](c1c(C(F)(F)F)c(C(F)(F)F)c(C(F)(F)F)c(C(F)(F)F)c1C(F)(F)F)=C2.Cc1cccc2c1OC[N+](c1c(C(F)(F)F)cc(C(F)(F)F)cc1C(F)(F)F)=C2.Cc1cccc2c1OC[N+](c1cc(C(F)(F)F)cc(C(F)(F)F)c1)=C2. The lowest BCUT2D eigenvalue weighted by atomic mass is 9.86. The van der Waals surface area contributed by atoms with Gasteiger partial charge in [0, 0.05) is 12.1 Å². The molecular formula is C55H32F30N3O3+3. The second kappa shape index (κ2) is 23.7. The number of ether oxygens (including phenoxy) is 3. The highest BCUT2D eigenvalue weighted by molar-refractivity contribution is 5.84. The van der Waals surface area contributed by atoms with E-state index in [9.17, 15) is 132 Å². The second-order valence-electron chi connectivity index (χ2n) is 19.5. The van der Waals surface area contributed by atoms with Crippen LogP contribution in [0.15, 0.2) is 84.9 Å². The normalized spacial score (nSPS) is 15.0. The third-order valence-corrected chi connectivity index (χ3v) is 13.1. The highest BCUT2D eigenvalue weighted by Crippen LogP contribution is 2.59. The molecule has 0 aliphatic carbocycles. The summed E-state index contributed by atoms with van der Waals surface area (Å²) in [4.78, 5) is 0. The molecule has 91 heavy (non-hydrogen) atoms. The van der Waals surface area contributed by atoms with Crippen molar-refractivity contribution in [3.05, 3.63) is 174 Å². The van der Waals surface area contributed by atoms with E-state index >= 15 is 0 Å². The molecule has 0 unspecified atom stereocenters. The van der Waals surface area contributed by atoms with Gasteiger partial charge in [-0.1, -0.05) is 36.4 Å². The molecule has 0 radical (unpaired) electrons. The van der Waals surface area contributed by atoms with E-state index in [1.165, 1.54) is 42.0 Å². The fourth-order valence-electron chi connectivity index (χ4n) is 9.42. The Morgan fingerprint density at radius 2 is 0.549 bits per heavy atom. The van der Waals surface area contributed by atoms with Crippen molar-refractivity contribution in [1.82, 2.24) is 0 Å². The highest BCUT2D eigenvalue weighted by Gasteiger charge is 2.63. The number of rotatable bonds is 3. The third kappa shape index (κ3) is 15.2. The molecule has 0 bridgehead atoms. The lowest BCUT2D eigenvalue weighted by molar-refractivity contribution is -0.480. The molecular weight excluding hydrogens is 1320 g/mol. The van der Waals surface area contributed by atoms with Crippen LogP contribution in [0.3, 0.4) is 0 Å². The first-order chi connectivity index (χ1) is 41.2. The van der Waals surface area contributed by atoms with Gasteiger partial charge in [-0.15, -0.1) is 0 Å². The number of benzene rings is 6. The summed E-state index contributed by atoms with van der Waals surface area (Å²) in [5.74, 6) is 0.638. The molecule has 492 valence electrons. The molecule has 0 fully saturated rings. The van der Waals surface area contributed by atoms with E-state index in [1.54, 1.807) is 38.1 Å². The first-order valence-corrected chi connectivity index (χ1v) is 24.5. The summed E-state index contributed by atoms with van der Waals surface area (Å²) in [5, 5.41) is 0. The predicted octanol–water partition coefficient (Wildman–Crippen LogP) is 19.5. The fraction of sp³-hybridized carbons (Fsp3) is 0.291. The van der Waals surface area contributed by atoms with Gasteiger partial charge in [-0.3, -0.25) is 0 Å². The highest BCUT2D eigenvalue weighted by atomic mass is 19.4. The molecule has 0 atom stereocenters. The van der Waals surface area contributed by atoms with Crippen LogP contribution in [0.1, 0.15) is 89.0 Å². The Labute approximate surface area is 488 Å². The number of nitrogens with zero attached hydrogens (tertiary/aromatic N) is 3. The molecule has 0 N–H and O–H groups in total. The average molecular weight is 1350 g/mol. The Balaban J connectivity index is 0.000000198. The number of aryl methyl sites for hydroxylation is 3. The van der Waals surface area contributed by atoms with Crippen LogP contribution in [0.2, 0.25) is 0 Å². The van der Waals surface area contributed by atoms with Gasteiger partial charge in [-0.05, 0) is 73.9 Å². The van der Waals surface area contributed by atoms with Crippen LogP contribution in [0, 0.1) is 20.8 Å².